The smallest absolute Gasteiger partial charge is 0.167 e. The van der Waals surface area contributed by atoms with E-state index in [0.717, 1.165) is 6.42 Å². The summed E-state index contributed by atoms with van der Waals surface area (Å²) in [5.74, 6) is -4.63. The minimum Gasteiger partial charge on any atom is -0.378 e. The standard InChI is InChI=1S/C19H18F4O/c1-10-3-6-14(18(22)16(10)20)15-8-7-13(17(21)19(15)23)12-5-4-11(2)24-9-12/h3,6-8,11-12H,4-5,9H2,1-2H3. The zero-order valence-corrected chi connectivity index (χ0v) is 13.5. The number of hydrogen-bond acceptors (Lipinski definition) is 1. The Morgan fingerprint density at radius 1 is 0.833 bits per heavy atom. The fourth-order valence-electron chi connectivity index (χ4n) is 3.07. The number of benzene rings is 2. The molecule has 0 saturated carbocycles. The van der Waals surface area contributed by atoms with Gasteiger partial charge < -0.3 is 4.74 Å². The Morgan fingerprint density at radius 2 is 1.46 bits per heavy atom. The van der Waals surface area contributed by atoms with Gasteiger partial charge in [0, 0.05) is 17.0 Å². The Morgan fingerprint density at radius 3 is 2.08 bits per heavy atom. The third kappa shape index (κ3) is 2.93. The first-order valence-electron chi connectivity index (χ1n) is 7.94. The van der Waals surface area contributed by atoms with Crippen LogP contribution in [0.4, 0.5) is 17.6 Å². The van der Waals surface area contributed by atoms with E-state index >= 15 is 0 Å². The van der Waals surface area contributed by atoms with Crippen LogP contribution in [0.15, 0.2) is 24.3 Å². The molecule has 1 aliphatic rings. The molecular weight excluding hydrogens is 320 g/mol. The number of aryl methyl sites for hydroxylation is 1. The lowest BCUT2D eigenvalue weighted by molar-refractivity contribution is 0.0147. The third-order valence-corrected chi connectivity index (χ3v) is 4.62. The second-order valence-corrected chi connectivity index (χ2v) is 6.31. The van der Waals surface area contributed by atoms with Gasteiger partial charge in [0.2, 0.25) is 0 Å². The molecule has 0 bridgehead atoms. The van der Waals surface area contributed by atoms with Gasteiger partial charge >= 0.3 is 0 Å². The summed E-state index contributed by atoms with van der Waals surface area (Å²) in [5, 5.41) is 0. The summed E-state index contributed by atoms with van der Waals surface area (Å²) in [4.78, 5) is 0. The zero-order chi connectivity index (χ0) is 17.4. The average Bonchev–Trinajstić information content (AvgIpc) is 2.57. The predicted molar refractivity (Wildman–Crippen MR) is 83.8 cm³/mol. The van der Waals surface area contributed by atoms with E-state index in [2.05, 4.69) is 0 Å². The molecule has 0 spiro atoms. The van der Waals surface area contributed by atoms with E-state index in [1.54, 1.807) is 0 Å². The molecule has 2 unspecified atom stereocenters. The summed E-state index contributed by atoms with van der Waals surface area (Å²) in [5.41, 5.74) is -0.231. The van der Waals surface area contributed by atoms with Crippen molar-refractivity contribution in [2.75, 3.05) is 6.61 Å². The molecule has 0 amide bonds. The van der Waals surface area contributed by atoms with E-state index in [-0.39, 0.29) is 34.3 Å². The molecule has 1 aliphatic heterocycles. The van der Waals surface area contributed by atoms with Crippen LogP contribution in [0.25, 0.3) is 11.1 Å². The molecule has 1 nitrogen and oxygen atoms in total. The highest BCUT2D eigenvalue weighted by molar-refractivity contribution is 5.66. The van der Waals surface area contributed by atoms with E-state index in [9.17, 15) is 17.6 Å². The second-order valence-electron chi connectivity index (χ2n) is 6.31. The summed E-state index contributed by atoms with van der Waals surface area (Å²) in [6.07, 6.45) is 1.58. The van der Waals surface area contributed by atoms with Crippen molar-refractivity contribution in [3.05, 3.63) is 58.7 Å². The molecule has 2 aromatic carbocycles. The van der Waals surface area contributed by atoms with Gasteiger partial charge in [-0.2, -0.15) is 0 Å². The first kappa shape index (κ1) is 17.0. The van der Waals surface area contributed by atoms with Crippen LogP contribution in [0.1, 0.15) is 36.8 Å². The van der Waals surface area contributed by atoms with Crippen molar-refractivity contribution in [3.63, 3.8) is 0 Å². The maximum Gasteiger partial charge on any atom is 0.167 e. The van der Waals surface area contributed by atoms with Gasteiger partial charge in [-0.3, -0.25) is 0 Å². The van der Waals surface area contributed by atoms with Crippen LogP contribution in [0, 0.1) is 30.2 Å². The van der Waals surface area contributed by atoms with Gasteiger partial charge in [-0.25, -0.2) is 17.6 Å². The van der Waals surface area contributed by atoms with Crippen molar-refractivity contribution < 1.29 is 22.3 Å². The maximum atomic E-state index is 14.5. The van der Waals surface area contributed by atoms with Gasteiger partial charge in [0.15, 0.2) is 23.3 Å². The van der Waals surface area contributed by atoms with Crippen LogP contribution in [0.3, 0.4) is 0 Å². The Kier molecular flexibility index (Phi) is 4.63. The van der Waals surface area contributed by atoms with E-state index in [1.165, 1.54) is 31.2 Å². The molecule has 1 heterocycles. The highest BCUT2D eigenvalue weighted by atomic mass is 19.2. The van der Waals surface area contributed by atoms with E-state index in [0.29, 0.717) is 13.0 Å². The van der Waals surface area contributed by atoms with E-state index in [4.69, 9.17) is 4.74 Å². The first-order valence-corrected chi connectivity index (χ1v) is 7.94. The molecule has 2 atom stereocenters. The van der Waals surface area contributed by atoms with Crippen LogP contribution >= 0.6 is 0 Å². The van der Waals surface area contributed by atoms with Crippen LogP contribution in [-0.2, 0) is 4.74 Å². The van der Waals surface area contributed by atoms with Crippen LogP contribution in [-0.4, -0.2) is 12.7 Å². The normalized spacial score (nSPS) is 21.1. The average molecular weight is 338 g/mol. The summed E-state index contributed by atoms with van der Waals surface area (Å²) >= 11 is 0. The number of halogens is 4. The predicted octanol–water partition coefficient (Wildman–Crippen LogP) is 5.50. The summed E-state index contributed by atoms with van der Waals surface area (Å²) in [7, 11) is 0. The summed E-state index contributed by atoms with van der Waals surface area (Å²) in [6.45, 7) is 3.67. The van der Waals surface area contributed by atoms with Crippen molar-refractivity contribution in [1.29, 1.82) is 0 Å². The first-order chi connectivity index (χ1) is 11.4. The van der Waals surface area contributed by atoms with Crippen LogP contribution in [0.5, 0.6) is 0 Å². The third-order valence-electron chi connectivity index (χ3n) is 4.62. The van der Waals surface area contributed by atoms with E-state index < -0.39 is 23.3 Å². The largest absolute Gasteiger partial charge is 0.378 e. The SMILES string of the molecule is Cc1ccc(-c2ccc(C3CCC(C)OC3)c(F)c2F)c(F)c1F. The maximum absolute atomic E-state index is 14.5. The molecule has 5 heteroatoms. The van der Waals surface area contributed by atoms with Crippen LogP contribution < -0.4 is 0 Å². The molecule has 128 valence electrons. The molecule has 1 fully saturated rings. The van der Waals surface area contributed by atoms with Gasteiger partial charge in [0.25, 0.3) is 0 Å². The number of hydrogen-bond donors (Lipinski definition) is 0. The fourth-order valence-corrected chi connectivity index (χ4v) is 3.07. The Hall–Kier alpha value is -1.88. The lowest BCUT2D eigenvalue weighted by Crippen LogP contribution is -2.23. The lowest BCUT2D eigenvalue weighted by Gasteiger charge is -2.27. The molecular formula is C19H18F4O. The minimum absolute atomic E-state index is 0.109. The van der Waals surface area contributed by atoms with Gasteiger partial charge in [-0.1, -0.05) is 24.3 Å². The van der Waals surface area contributed by atoms with Gasteiger partial charge in [0.1, 0.15) is 0 Å². The Bertz CT molecular complexity index is 764. The molecule has 0 aromatic heterocycles. The van der Waals surface area contributed by atoms with Gasteiger partial charge in [0.05, 0.1) is 12.7 Å². The molecule has 0 N–H and O–H groups in total. The summed E-state index contributed by atoms with van der Waals surface area (Å²) < 4.78 is 62.3. The van der Waals surface area contributed by atoms with Gasteiger partial charge in [-0.15, -0.1) is 0 Å². The highest BCUT2D eigenvalue weighted by Crippen LogP contribution is 2.35. The molecule has 1 saturated heterocycles. The Balaban J connectivity index is 2.01. The molecule has 2 aromatic rings. The minimum atomic E-state index is -1.17. The van der Waals surface area contributed by atoms with Crippen molar-refractivity contribution in [2.24, 2.45) is 0 Å². The lowest BCUT2D eigenvalue weighted by atomic mass is 9.89. The second kappa shape index (κ2) is 6.55. The highest BCUT2D eigenvalue weighted by Gasteiger charge is 2.26. The van der Waals surface area contributed by atoms with Crippen molar-refractivity contribution in [2.45, 2.75) is 38.7 Å². The number of ether oxygens (including phenoxy) is 1. The molecule has 0 aliphatic carbocycles. The van der Waals surface area contributed by atoms with Gasteiger partial charge in [-0.05, 0) is 37.8 Å². The van der Waals surface area contributed by atoms with E-state index in [1.807, 2.05) is 6.92 Å². The molecule has 3 rings (SSSR count). The zero-order valence-electron chi connectivity index (χ0n) is 13.5. The molecule has 0 radical (unpaired) electrons. The summed E-state index contributed by atoms with van der Waals surface area (Å²) in [6, 6.07) is 5.35. The van der Waals surface area contributed by atoms with Crippen molar-refractivity contribution in [1.82, 2.24) is 0 Å². The topological polar surface area (TPSA) is 9.23 Å². The molecule has 24 heavy (non-hydrogen) atoms. The van der Waals surface area contributed by atoms with Crippen molar-refractivity contribution >= 4 is 0 Å². The fraction of sp³-hybridized carbons (Fsp3) is 0.368. The number of rotatable bonds is 2. The quantitative estimate of drug-likeness (QED) is 0.657. The van der Waals surface area contributed by atoms with Crippen molar-refractivity contribution in [3.8, 4) is 11.1 Å². The van der Waals surface area contributed by atoms with Crippen LogP contribution in [0.2, 0.25) is 0 Å². The Labute approximate surface area is 138 Å². The monoisotopic (exact) mass is 338 g/mol.